The highest BCUT2D eigenvalue weighted by molar-refractivity contribution is 8.04. The average Bonchev–Trinajstić information content (AvgIpc) is 2.87. The van der Waals surface area contributed by atoms with Gasteiger partial charge >= 0.3 is 11.9 Å². The lowest BCUT2D eigenvalue weighted by Crippen LogP contribution is -2.41. The zero-order valence-electron chi connectivity index (χ0n) is 14.0. The van der Waals surface area contributed by atoms with E-state index in [0.717, 1.165) is 17.1 Å². The van der Waals surface area contributed by atoms with Gasteiger partial charge in [-0.2, -0.15) is 0 Å². The van der Waals surface area contributed by atoms with Gasteiger partial charge in [-0.05, 0) is 41.0 Å². The van der Waals surface area contributed by atoms with Crippen LogP contribution in [0.25, 0.3) is 0 Å². The van der Waals surface area contributed by atoms with E-state index >= 15 is 0 Å². The number of rotatable bonds is 5. The van der Waals surface area contributed by atoms with Gasteiger partial charge in [-0.15, -0.1) is 0 Å². The summed E-state index contributed by atoms with van der Waals surface area (Å²) in [6.07, 6.45) is 0.914. The Bertz CT molecular complexity index is 498. The minimum atomic E-state index is -0.229. The molecule has 2 heterocycles. The van der Waals surface area contributed by atoms with Crippen LogP contribution in [0.3, 0.4) is 0 Å². The van der Waals surface area contributed by atoms with Crippen molar-refractivity contribution in [2.75, 3.05) is 13.2 Å². The molecule has 2 aliphatic rings. The maximum atomic E-state index is 12.2. The molecule has 0 N–H and O–H groups in total. The van der Waals surface area contributed by atoms with Crippen molar-refractivity contribution in [3.63, 3.8) is 0 Å². The lowest BCUT2D eigenvalue weighted by Gasteiger charge is -2.30. The third kappa shape index (κ3) is 3.42. The van der Waals surface area contributed by atoms with Gasteiger partial charge in [-0.25, -0.2) is 4.79 Å². The van der Waals surface area contributed by atoms with Crippen molar-refractivity contribution >= 4 is 23.7 Å². The monoisotopic (exact) mass is 327 g/mol. The van der Waals surface area contributed by atoms with Crippen molar-refractivity contribution in [1.29, 1.82) is 0 Å². The average molecular weight is 327 g/mol. The van der Waals surface area contributed by atoms with Crippen LogP contribution in [0.5, 0.6) is 0 Å². The Balaban J connectivity index is 2.19. The third-order valence-electron chi connectivity index (χ3n) is 3.91. The second-order valence-corrected chi connectivity index (χ2v) is 8.05. The van der Waals surface area contributed by atoms with Crippen molar-refractivity contribution < 1.29 is 19.1 Å². The van der Waals surface area contributed by atoms with Gasteiger partial charge in [0.05, 0.1) is 35.8 Å². The van der Waals surface area contributed by atoms with E-state index in [2.05, 4.69) is 18.7 Å². The molecule has 1 unspecified atom stereocenters. The highest BCUT2D eigenvalue weighted by Crippen LogP contribution is 2.52. The van der Waals surface area contributed by atoms with Gasteiger partial charge in [0.15, 0.2) is 0 Å². The third-order valence-corrected chi connectivity index (χ3v) is 5.39. The number of esters is 2. The van der Waals surface area contributed by atoms with E-state index in [9.17, 15) is 9.59 Å². The Morgan fingerprint density at radius 3 is 2.68 bits per heavy atom. The zero-order chi connectivity index (χ0) is 16.5. The fourth-order valence-electron chi connectivity index (χ4n) is 2.93. The quantitative estimate of drug-likeness (QED) is 0.724. The standard InChI is InChI=1S/C16H25NO4S/c1-6-20-13(18)9-12-16(4,5)22-14-11(7-8-17(12)14)15(19)21-10(2)3/h10,12H,6-9H2,1-5H3. The number of hydrogen-bond donors (Lipinski definition) is 0. The summed E-state index contributed by atoms with van der Waals surface area (Å²) in [5.74, 6) is -0.409. The molecule has 0 bridgehead atoms. The van der Waals surface area contributed by atoms with E-state index in [-0.39, 0.29) is 28.8 Å². The van der Waals surface area contributed by atoms with E-state index < -0.39 is 0 Å². The Hall–Kier alpha value is -1.17. The summed E-state index contributed by atoms with van der Waals surface area (Å²) in [5.41, 5.74) is 0.748. The van der Waals surface area contributed by atoms with E-state index in [1.807, 2.05) is 20.8 Å². The molecule has 2 aliphatic heterocycles. The summed E-state index contributed by atoms with van der Waals surface area (Å²) in [4.78, 5) is 26.3. The molecular formula is C16H25NO4S. The summed E-state index contributed by atoms with van der Waals surface area (Å²) in [6.45, 7) is 10.9. The smallest absolute Gasteiger partial charge is 0.336 e. The lowest BCUT2D eigenvalue weighted by molar-refractivity contribution is -0.144. The number of thioether (sulfide) groups is 1. The summed E-state index contributed by atoms with van der Waals surface area (Å²) in [5, 5.41) is 0.977. The molecule has 124 valence electrons. The molecule has 1 atom stereocenters. The van der Waals surface area contributed by atoms with Gasteiger partial charge in [-0.3, -0.25) is 4.79 Å². The molecule has 0 aromatic rings. The van der Waals surface area contributed by atoms with Crippen LogP contribution in [0.15, 0.2) is 10.6 Å². The number of fused-ring (bicyclic) bond motifs is 1. The summed E-state index contributed by atoms with van der Waals surface area (Å²) < 4.78 is 10.3. The number of nitrogens with zero attached hydrogens (tertiary/aromatic N) is 1. The molecule has 0 radical (unpaired) electrons. The van der Waals surface area contributed by atoms with Crippen molar-refractivity contribution in [3.8, 4) is 0 Å². The van der Waals surface area contributed by atoms with Gasteiger partial charge in [-0.1, -0.05) is 11.8 Å². The van der Waals surface area contributed by atoms with Crippen LogP contribution < -0.4 is 0 Å². The van der Waals surface area contributed by atoms with Crippen LogP contribution in [0, 0.1) is 0 Å². The van der Waals surface area contributed by atoms with Crippen LogP contribution in [0.2, 0.25) is 0 Å². The van der Waals surface area contributed by atoms with Crippen molar-refractivity contribution in [1.82, 2.24) is 4.90 Å². The number of ether oxygens (including phenoxy) is 2. The summed E-state index contributed by atoms with van der Waals surface area (Å²) >= 11 is 1.67. The second kappa shape index (κ2) is 6.52. The van der Waals surface area contributed by atoms with Crippen LogP contribution in [-0.2, 0) is 19.1 Å². The second-order valence-electron chi connectivity index (χ2n) is 6.41. The van der Waals surface area contributed by atoms with Gasteiger partial charge in [0, 0.05) is 11.3 Å². The zero-order valence-corrected chi connectivity index (χ0v) is 14.8. The SMILES string of the molecule is CCOC(=O)CC1N2CCC(C(=O)OC(C)C)=C2SC1(C)C. The van der Waals surface area contributed by atoms with Crippen LogP contribution in [0.1, 0.15) is 47.5 Å². The van der Waals surface area contributed by atoms with Gasteiger partial charge in [0.2, 0.25) is 0 Å². The Morgan fingerprint density at radius 2 is 2.09 bits per heavy atom. The Kier molecular flexibility index (Phi) is 5.10. The largest absolute Gasteiger partial charge is 0.466 e. The predicted octanol–water partition coefficient (Wildman–Crippen LogP) is 2.70. The van der Waals surface area contributed by atoms with E-state index in [1.54, 1.807) is 11.8 Å². The van der Waals surface area contributed by atoms with E-state index in [1.165, 1.54) is 0 Å². The molecule has 0 spiro atoms. The van der Waals surface area contributed by atoms with Gasteiger partial charge in [0.1, 0.15) is 0 Å². The molecule has 2 rings (SSSR count). The highest BCUT2D eigenvalue weighted by Gasteiger charge is 2.49. The summed E-state index contributed by atoms with van der Waals surface area (Å²) in [6, 6.07) is 0.0518. The Labute approximate surface area is 136 Å². The molecule has 0 aliphatic carbocycles. The summed E-state index contributed by atoms with van der Waals surface area (Å²) in [7, 11) is 0. The van der Waals surface area contributed by atoms with Crippen LogP contribution >= 0.6 is 11.8 Å². The maximum absolute atomic E-state index is 12.2. The normalized spacial score (nSPS) is 23.0. The molecule has 0 aromatic carbocycles. The van der Waals surface area contributed by atoms with Crippen LogP contribution in [0.4, 0.5) is 0 Å². The molecule has 0 aromatic heterocycles. The molecule has 1 saturated heterocycles. The van der Waals surface area contributed by atoms with Crippen molar-refractivity contribution in [2.24, 2.45) is 0 Å². The molecule has 6 heteroatoms. The van der Waals surface area contributed by atoms with Crippen molar-refractivity contribution in [3.05, 3.63) is 10.6 Å². The van der Waals surface area contributed by atoms with Gasteiger partial charge in [0.25, 0.3) is 0 Å². The molecule has 22 heavy (non-hydrogen) atoms. The fraction of sp³-hybridized carbons (Fsp3) is 0.750. The first-order valence-corrected chi connectivity index (χ1v) is 8.63. The number of carbonyl (C=O) groups is 2. The van der Waals surface area contributed by atoms with E-state index in [0.29, 0.717) is 19.4 Å². The minimum absolute atomic E-state index is 0.0518. The highest BCUT2D eigenvalue weighted by atomic mass is 32.2. The first-order chi connectivity index (χ1) is 10.3. The topological polar surface area (TPSA) is 55.8 Å². The minimum Gasteiger partial charge on any atom is -0.466 e. The number of carbonyl (C=O) groups excluding carboxylic acids is 2. The van der Waals surface area contributed by atoms with Crippen LogP contribution in [-0.4, -0.2) is 46.9 Å². The first-order valence-electron chi connectivity index (χ1n) is 7.81. The molecular weight excluding hydrogens is 302 g/mol. The molecule has 5 nitrogen and oxygen atoms in total. The number of hydrogen-bond acceptors (Lipinski definition) is 6. The molecule has 1 fully saturated rings. The fourth-order valence-corrected chi connectivity index (χ4v) is 4.42. The van der Waals surface area contributed by atoms with Gasteiger partial charge < -0.3 is 14.4 Å². The maximum Gasteiger partial charge on any atom is 0.336 e. The van der Waals surface area contributed by atoms with Crippen molar-refractivity contribution in [2.45, 2.75) is 64.4 Å². The molecule has 0 saturated carbocycles. The van der Waals surface area contributed by atoms with E-state index in [4.69, 9.17) is 9.47 Å². The Morgan fingerprint density at radius 1 is 1.41 bits per heavy atom. The lowest BCUT2D eigenvalue weighted by atomic mass is 9.99. The first kappa shape index (κ1) is 17.2. The molecule has 0 amide bonds. The predicted molar refractivity (Wildman–Crippen MR) is 86.3 cm³/mol.